The van der Waals surface area contributed by atoms with Crippen LogP contribution in [0.3, 0.4) is 0 Å². The van der Waals surface area contributed by atoms with Crippen LogP contribution in [0.25, 0.3) is 0 Å². The highest BCUT2D eigenvalue weighted by Crippen LogP contribution is 2.15. The molecule has 0 bridgehead atoms. The van der Waals surface area contributed by atoms with E-state index in [0.29, 0.717) is 0 Å². The van der Waals surface area contributed by atoms with Gasteiger partial charge in [-0.15, -0.1) is 0 Å². The summed E-state index contributed by atoms with van der Waals surface area (Å²) >= 11 is 0. The van der Waals surface area contributed by atoms with E-state index in [0.717, 1.165) is 38.9 Å². The highest BCUT2D eigenvalue weighted by atomic mass is 16.3. The van der Waals surface area contributed by atoms with E-state index in [1.54, 1.807) is 0 Å². The molecule has 0 radical (unpaired) electrons. The summed E-state index contributed by atoms with van der Waals surface area (Å²) in [7, 11) is 0. The second kappa shape index (κ2) is 5.13. The summed E-state index contributed by atoms with van der Waals surface area (Å²) in [5.41, 5.74) is 0. The van der Waals surface area contributed by atoms with Gasteiger partial charge in [0.1, 0.15) is 0 Å². The summed E-state index contributed by atoms with van der Waals surface area (Å²) in [4.78, 5) is 2.23. The molecule has 0 spiro atoms. The first-order chi connectivity index (χ1) is 5.86. The summed E-state index contributed by atoms with van der Waals surface area (Å²) in [6, 6.07) is 2.32. The van der Waals surface area contributed by atoms with Crippen LogP contribution < -0.4 is 0 Å². The van der Waals surface area contributed by atoms with Crippen LogP contribution in [0.15, 0.2) is 0 Å². The average Bonchev–Trinajstić information content (AvgIpc) is 2.31. The van der Waals surface area contributed by atoms with Crippen molar-refractivity contribution >= 4 is 0 Å². The molecule has 1 saturated heterocycles. The largest absolute Gasteiger partial charge is 0.395 e. The normalized spacial score (nSPS) is 26.2. The molecule has 1 fully saturated rings. The second-order valence-corrected chi connectivity index (χ2v) is 3.32. The van der Waals surface area contributed by atoms with Crippen LogP contribution in [0.2, 0.25) is 0 Å². The fourth-order valence-electron chi connectivity index (χ4n) is 1.65. The summed E-state index contributed by atoms with van der Waals surface area (Å²) < 4.78 is 0. The van der Waals surface area contributed by atoms with Crippen LogP contribution in [0.1, 0.15) is 19.3 Å². The van der Waals surface area contributed by atoms with Gasteiger partial charge in [0, 0.05) is 12.5 Å². The van der Waals surface area contributed by atoms with Gasteiger partial charge in [0.2, 0.25) is 0 Å². The Morgan fingerprint density at radius 3 is 2.92 bits per heavy atom. The minimum absolute atomic E-state index is 0.233. The topological polar surface area (TPSA) is 47.3 Å². The Hall–Kier alpha value is -0.590. The number of aliphatic hydroxyl groups is 1. The average molecular weight is 168 g/mol. The Morgan fingerprint density at radius 2 is 2.25 bits per heavy atom. The maximum absolute atomic E-state index is 8.73. The van der Waals surface area contributed by atoms with Gasteiger partial charge in [0.15, 0.2) is 0 Å². The first-order valence-electron chi connectivity index (χ1n) is 4.59. The molecular formula is C9H16N2O. The standard InChI is InChI=1S/C9H16N2O/c10-8-9-2-1-4-11(5-3-9)6-7-12/h9,12H,1-7H2. The van der Waals surface area contributed by atoms with Crippen molar-refractivity contribution in [2.75, 3.05) is 26.2 Å². The smallest absolute Gasteiger partial charge is 0.0656 e. The maximum atomic E-state index is 8.73. The van der Waals surface area contributed by atoms with Crippen LogP contribution in [-0.4, -0.2) is 36.2 Å². The van der Waals surface area contributed by atoms with Gasteiger partial charge >= 0.3 is 0 Å². The molecule has 1 unspecified atom stereocenters. The summed E-state index contributed by atoms with van der Waals surface area (Å²) in [5.74, 6) is 0.244. The molecule has 1 aliphatic rings. The Balaban J connectivity index is 2.30. The molecule has 1 aliphatic heterocycles. The monoisotopic (exact) mass is 168 g/mol. The zero-order valence-electron chi connectivity index (χ0n) is 7.37. The number of aliphatic hydroxyl groups excluding tert-OH is 1. The molecule has 3 heteroatoms. The van der Waals surface area contributed by atoms with E-state index < -0.39 is 0 Å². The maximum Gasteiger partial charge on any atom is 0.0656 e. The van der Waals surface area contributed by atoms with Gasteiger partial charge in [-0.05, 0) is 32.4 Å². The van der Waals surface area contributed by atoms with E-state index in [-0.39, 0.29) is 12.5 Å². The number of hydrogen-bond donors (Lipinski definition) is 1. The first kappa shape index (κ1) is 9.50. The van der Waals surface area contributed by atoms with Crippen molar-refractivity contribution in [2.24, 2.45) is 5.92 Å². The molecule has 68 valence electrons. The summed E-state index contributed by atoms with van der Waals surface area (Å²) in [5, 5.41) is 17.4. The van der Waals surface area contributed by atoms with Gasteiger partial charge in [0.05, 0.1) is 12.7 Å². The highest BCUT2D eigenvalue weighted by Gasteiger charge is 2.15. The summed E-state index contributed by atoms with van der Waals surface area (Å²) in [6.45, 7) is 3.01. The van der Waals surface area contributed by atoms with Crippen molar-refractivity contribution < 1.29 is 5.11 Å². The van der Waals surface area contributed by atoms with Crippen molar-refractivity contribution in [1.82, 2.24) is 4.90 Å². The molecule has 1 heterocycles. The molecule has 0 saturated carbocycles. The predicted molar refractivity (Wildman–Crippen MR) is 46.5 cm³/mol. The van der Waals surface area contributed by atoms with Gasteiger partial charge in [-0.25, -0.2) is 0 Å². The lowest BCUT2D eigenvalue weighted by Gasteiger charge is -2.17. The zero-order valence-corrected chi connectivity index (χ0v) is 7.37. The number of likely N-dealkylation sites (tertiary alicyclic amines) is 1. The van der Waals surface area contributed by atoms with Gasteiger partial charge in [-0.2, -0.15) is 5.26 Å². The molecule has 1 atom stereocenters. The first-order valence-corrected chi connectivity index (χ1v) is 4.59. The van der Waals surface area contributed by atoms with Gasteiger partial charge in [-0.1, -0.05) is 0 Å². The third-order valence-electron chi connectivity index (χ3n) is 2.42. The Morgan fingerprint density at radius 1 is 1.42 bits per heavy atom. The van der Waals surface area contributed by atoms with Crippen LogP contribution in [0.4, 0.5) is 0 Å². The zero-order chi connectivity index (χ0) is 8.81. The minimum Gasteiger partial charge on any atom is -0.395 e. The van der Waals surface area contributed by atoms with E-state index in [1.807, 2.05) is 0 Å². The van der Waals surface area contributed by atoms with Crippen molar-refractivity contribution in [3.8, 4) is 6.07 Å². The van der Waals surface area contributed by atoms with E-state index in [9.17, 15) is 0 Å². The Bertz CT molecular complexity index is 164. The van der Waals surface area contributed by atoms with Crippen molar-refractivity contribution in [3.05, 3.63) is 0 Å². The third kappa shape index (κ3) is 2.80. The molecule has 12 heavy (non-hydrogen) atoms. The molecule has 0 aromatic carbocycles. The number of β-amino-alcohol motifs (C(OH)–C–C–N with tert-alkyl or cyclic N) is 1. The fraction of sp³-hybridized carbons (Fsp3) is 0.889. The van der Waals surface area contributed by atoms with Crippen LogP contribution in [0, 0.1) is 17.2 Å². The minimum atomic E-state index is 0.233. The number of nitrogens with zero attached hydrogens (tertiary/aromatic N) is 2. The van der Waals surface area contributed by atoms with Crippen LogP contribution >= 0.6 is 0 Å². The lowest BCUT2D eigenvalue weighted by molar-refractivity contribution is 0.200. The third-order valence-corrected chi connectivity index (χ3v) is 2.42. The number of hydrogen-bond acceptors (Lipinski definition) is 3. The molecule has 1 rings (SSSR count). The quantitative estimate of drug-likeness (QED) is 0.657. The fourth-order valence-corrected chi connectivity index (χ4v) is 1.65. The van der Waals surface area contributed by atoms with E-state index in [1.165, 1.54) is 0 Å². The molecule has 0 amide bonds. The van der Waals surface area contributed by atoms with Gasteiger partial charge in [0.25, 0.3) is 0 Å². The van der Waals surface area contributed by atoms with E-state index in [2.05, 4.69) is 11.0 Å². The SMILES string of the molecule is N#CC1CCCN(CCO)CC1. The Kier molecular flexibility index (Phi) is 4.06. The molecule has 0 aromatic rings. The van der Waals surface area contributed by atoms with E-state index in [4.69, 9.17) is 10.4 Å². The predicted octanol–water partition coefficient (Wildman–Crippen LogP) is 0.604. The van der Waals surface area contributed by atoms with Gasteiger partial charge < -0.3 is 10.0 Å². The summed E-state index contributed by atoms with van der Waals surface area (Å²) in [6.07, 6.45) is 3.09. The molecule has 1 N–H and O–H groups in total. The molecule has 0 aromatic heterocycles. The Labute approximate surface area is 73.6 Å². The highest BCUT2D eigenvalue weighted by molar-refractivity contribution is 4.85. The van der Waals surface area contributed by atoms with Crippen molar-refractivity contribution in [1.29, 1.82) is 5.26 Å². The lowest BCUT2D eigenvalue weighted by Crippen LogP contribution is -2.27. The molecular weight excluding hydrogens is 152 g/mol. The van der Waals surface area contributed by atoms with Crippen molar-refractivity contribution in [3.63, 3.8) is 0 Å². The van der Waals surface area contributed by atoms with Crippen LogP contribution in [-0.2, 0) is 0 Å². The van der Waals surface area contributed by atoms with Crippen molar-refractivity contribution in [2.45, 2.75) is 19.3 Å². The molecule has 0 aliphatic carbocycles. The second-order valence-electron chi connectivity index (χ2n) is 3.32. The van der Waals surface area contributed by atoms with Crippen LogP contribution in [0.5, 0.6) is 0 Å². The number of nitriles is 1. The lowest BCUT2D eigenvalue weighted by atomic mass is 10.0. The van der Waals surface area contributed by atoms with Gasteiger partial charge in [-0.3, -0.25) is 0 Å². The van der Waals surface area contributed by atoms with E-state index >= 15 is 0 Å². The molecule has 3 nitrogen and oxygen atoms in total. The number of rotatable bonds is 2.